The highest BCUT2D eigenvalue weighted by atomic mass is 16.1. The van der Waals surface area contributed by atoms with E-state index in [0.29, 0.717) is 5.56 Å². The molecular weight excluding hydrogens is 282 g/mol. The third kappa shape index (κ3) is 3.02. The third-order valence-corrected chi connectivity index (χ3v) is 3.87. The van der Waals surface area contributed by atoms with E-state index in [1.54, 1.807) is 0 Å². The molecule has 0 amide bonds. The summed E-state index contributed by atoms with van der Waals surface area (Å²) in [5, 5.41) is 3.37. The van der Waals surface area contributed by atoms with Crippen molar-refractivity contribution < 1.29 is 4.79 Å². The van der Waals surface area contributed by atoms with Gasteiger partial charge in [0.05, 0.1) is 5.69 Å². The van der Waals surface area contributed by atoms with E-state index in [2.05, 4.69) is 29.6 Å². The van der Waals surface area contributed by atoms with E-state index in [9.17, 15) is 4.79 Å². The van der Waals surface area contributed by atoms with Gasteiger partial charge in [-0.05, 0) is 29.7 Å². The summed E-state index contributed by atoms with van der Waals surface area (Å²) in [6.45, 7) is 2.80. The van der Waals surface area contributed by atoms with Gasteiger partial charge in [-0.2, -0.15) is 0 Å². The van der Waals surface area contributed by atoms with Crippen molar-refractivity contribution in [3.8, 4) is 22.3 Å². The number of benzene rings is 3. The number of carbonyl (C=O) groups excluding carboxylic acids is 1. The van der Waals surface area contributed by atoms with Gasteiger partial charge in [-0.3, -0.25) is 4.79 Å². The lowest BCUT2D eigenvalue weighted by Gasteiger charge is -2.18. The highest BCUT2D eigenvalue weighted by Gasteiger charge is 2.15. The van der Waals surface area contributed by atoms with Gasteiger partial charge in [0.1, 0.15) is 0 Å². The third-order valence-electron chi connectivity index (χ3n) is 3.87. The Bertz CT molecular complexity index is 795. The molecular formula is C21H19NO. The van der Waals surface area contributed by atoms with E-state index in [1.807, 2.05) is 55.5 Å². The Morgan fingerprint density at radius 3 is 2.00 bits per heavy atom. The van der Waals surface area contributed by atoms with Crippen molar-refractivity contribution in [1.29, 1.82) is 0 Å². The fourth-order valence-electron chi connectivity index (χ4n) is 2.85. The van der Waals surface area contributed by atoms with Crippen LogP contribution in [0.2, 0.25) is 0 Å². The molecule has 3 aromatic carbocycles. The summed E-state index contributed by atoms with van der Waals surface area (Å²) in [5.74, 6) is 0. The second-order valence-electron chi connectivity index (χ2n) is 5.33. The average Bonchev–Trinajstić information content (AvgIpc) is 2.63. The molecule has 0 bridgehead atoms. The van der Waals surface area contributed by atoms with Crippen LogP contribution in [-0.2, 0) is 0 Å². The Morgan fingerprint density at radius 1 is 0.826 bits per heavy atom. The summed E-state index contributed by atoms with van der Waals surface area (Å²) in [7, 11) is 0. The first kappa shape index (κ1) is 15.0. The largest absolute Gasteiger partial charge is 0.384 e. The number of carbonyl (C=O) groups is 1. The standard InChI is InChI=1S/C21H19NO/c1-2-22-21-18(15-23)13-14-19(16-9-5-3-6-10-16)20(21)17-11-7-4-8-12-17/h3-15,22H,2H2,1H3. The first-order chi connectivity index (χ1) is 11.3. The van der Waals surface area contributed by atoms with Gasteiger partial charge in [0.25, 0.3) is 0 Å². The maximum atomic E-state index is 11.5. The lowest BCUT2D eigenvalue weighted by molar-refractivity contribution is 0.112. The van der Waals surface area contributed by atoms with Crippen molar-refractivity contribution >= 4 is 12.0 Å². The second-order valence-corrected chi connectivity index (χ2v) is 5.33. The molecule has 0 saturated carbocycles. The smallest absolute Gasteiger partial charge is 0.152 e. The molecule has 0 aliphatic heterocycles. The van der Waals surface area contributed by atoms with Gasteiger partial charge in [-0.15, -0.1) is 0 Å². The summed E-state index contributed by atoms with van der Waals surface area (Å²) in [5.41, 5.74) is 6.02. The van der Waals surface area contributed by atoms with Crippen LogP contribution in [0.15, 0.2) is 72.8 Å². The Morgan fingerprint density at radius 2 is 1.43 bits per heavy atom. The number of hydrogen-bond donors (Lipinski definition) is 1. The molecule has 0 heterocycles. The minimum Gasteiger partial charge on any atom is -0.384 e. The van der Waals surface area contributed by atoms with Crippen LogP contribution >= 0.6 is 0 Å². The lowest BCUT2D eigenvalue weighted by atomic mass is 9.91. The van der Waals surface area contributed by atoms with Crippen LogP contribution in [0.4, 0.5) is 5.69 Å². The molecule has 2 nitrogen and oxygen atoms in total. The molecule has 0 fully saturated rings. The minimum atomic E-state index is 0.686. The molecule has 3 aromatic rings. The highest BCUT2D eigenvalue weighted by Crippen LogP contribution is 2.39. The van der Waals surface area contributed by atoms with Crippen LogP contribution in [0, 0.1) is 0 Å². The molecule has 1 N–H and O–H groups in total. The first-order valence-corrected chi connectivity index (χ1v) is 7.82. The summed E-state index contributed by atoms with van der Waals surface area (Å²) in [6.07, 6.45) is 0.916. The zero-order chi connectivity index (χ0) is 16.1. The molecule has 0 aliphatic rings. The number of anilines is 1. The zero-order valence-corrected chi connectivity index (χ0v) is 13.1. The van der Waals surface area contributed by atoms with Crippen LogP contribution in [0.5, 0.6) is 0 Å². The van der Waals surface area contributed by atoms with Gasteiger partial charge in [0, 0.05) is 17.7 Å². The molecule has 2 heteroatoms. The molecule has 23 heavy (non-hydrogen) atoms. The molecule has 0 aliphatic carbocycles. The van der Waals surface area contributed by atoms with Gasteiger partial charge in [-0.1, -0.05) is 66.7 Å². The Kier molecular flexibility index (Phi) is 4.53. The lowest BCUT2D eigenvalue weighted by Crippen LogP contribution is -2.04. The van der Waals surface area contributed by atoms with Crippen LogP contribution in [0.3, 0.4) is 0 Å². The van der Waals surface area contributed by atoms with E-state index in [-0.39, 0.29) is 0 Å². The Balaban J connectivity index is 2.32. The van der Waals surface area contributed by atoms with E-state index in [0.717, 1.165) is 40.8 Å². The van der Waals surface area contributed by atoms with E-state index >= 15 is 0 Å². The Hall–Kier alpha value is -2.87. The number of hydrogen-bond acceptors (Lipinski definition) is 2. The molecule has 0 aromatic heterocycles. The van der Waals surface area contributed by atoms with Crippen LogP contribution in [0.25, 0.3) is 22.3 Å². The molecule has 0 atom stereocenters. The molecule has 0 spiro atoms. The molecule has 0 unspecified atom stereocenters. The van der Waals surface area contributed by atoms with Crippen LogP contribution in [0.1, 0.15) is 17.3 Å². The first-order valence-electron chi connectivity index (χ1n) is 7.82. The monoisotopic (exact) mass is 301 g/mol. The van der Waals surface area contributed by atoms with E-state index < -0.39 is 0 Å². The minimum absolute atomic E-state index is 0.686. The quantitative estimate of drug-likeness (QED) is 0.651. The SMILES string of the molecule is CCNc1c(C=O)ccc(-c2ccccc2)c1-c1ccccc1. The average molecular weight is 301 g/mol. The van der Waals surface area contributed by atoms with E-state index in [1.165, 1.54) is 0 Å². The Labute approximate surface area is 136 Å². The highest BCUT2D eigenvalue weighted by molar-refractivity contribution is 5.99. The zero-order valence-electron chi connectivity index (χ0n) is 13.1. The molecule has 0 saturated heterocycles. The van der Waals surface area contributed by atoms with Crippen molar-refractivity contribution in [3.05, 3.63) is 78.4 Å². The second kappa shape index (κ2) is 6.93. The fourth-order valence-corrected chi connectivity index (χ4v) is 2.85. The topological polar surface area (TPSA) is 29.1 Å². The maximum Gasteiger partial charge on any atom is 0.152 e. The molecule has 114 valence electrons. The van der Waals surface area contributed by atoms with Crippen molar-refractivity contribution in [2.75, 3.05) is 11.9 Å². The van der Waals surface area contributed by atoms with Gasteiger partial charge in [-0.25, -0.2) is 0 Å². The van der Waals surface area contributed by atoms with Crippen molar-refractivity contribution in [2.45, 2.75) is 6.92 Å². The van der Waals surface area contributed by atoms with Crippen molar-refractivity contribution in [1.82, 2.24) is 0 Å². The summed E-state index contributed by atoms with van der Waals surface area (Å²) < 4.78 is 0. The summed E-state index contributed by atoms with van der Waals surface area (Å²) >= 11 is 0. The number of aldehydes is 1. The van der Waals surface area contributed by atoms with E-state index in [4.69, 9.17) is 0 Å². The van der Waals surface area contributed by atoms with Crippen molar-refractivity contribution in [2.24, 2.45) is 0 Å². The van der Waals surface area contributed by atoms with Gasteiger partial charge < -0.3 is 5.32 Å². The predicted octanol–water partition coefficient (Wildman–Crippen LogP) is 5.26. The van der Waals surface area contributed by atoms with Gasteiger partial charge >= 0.3 is 0 Å². The maximum absolute atomic E-state index is 11.5. The van der Waals surface area contributed by atoms with Crippen LogP contribution < -0.4 is 5.32 Å². The van der Waals surface area contributed by atoms with Crippen molar-refractivity contribution in [3.63, 3.8) is 0 Å². The predicted molar refractivity (Wildman–Crippen MR) is 96.9 cm³/mol. The fraction of sp³-hybridized carbons (Fsp3) is 0.0952. The number of rotatable bonds is 5. The normalized spacial score (nSPS) is 10.3. The van der Waals surface area contributed by atoms with Crippen LogP contribution in [-0.4, -0.2) is 12.8 Å². The molecule has 3 rings (SSSR count). The molecule has 0 radical (unpaired) electrons. The van der Waals surface area contributed by atoms with Gasteiger partial charge in [0.2, 0.25) is 0 Å². The van der Waals surface area contributed by atoms with Gasteiger partial charge in [0.15, 0.2) is 6.29 Å². The summed E-state index contributed by atoms with van der Waals surface area (Å²) in [4.78, 5) is 11.5. The summed E-state index contributed by atoms with van der Waals surface area (Å²) in [6, 6.07) is 24.4. The number of nitrogens with one attached hydrogen (secondary N) is 1.